The first-order valence-corrected chi connectivity index (χ1v) is 7.41. The molecule has 0 atom stereocenters. The topological polar surface area (TPSA) is 59.9 Å². The smallest absolute Gasteiger partial charge is 0.212 e. The van der Waals surface area contributed by atoms with Crippen molar-refractivity contribution in [1.29, 1.82) is 0 Å². The summed E-state index contributed by atoms with van der Waals surface area (Å²) in [4.78, 5) is 13.8. The fourth-order valence-electron chi connectivity index (χ4n) is 2.84. The van der Waals surface area contributed by atoms with E-state index in [2.05, 4.69) is 10.3 Å². The molecule has 0 bridgehead atoms. The summed E-state index contributed by atoms with van der Waals surface area (Å²) in [5, 5.41) is 3.39. The Morgan fingerprint density at radius 1 is 1.24 bits per heavy atom. The Morgan fingerprint density at radius 3 is 2.86 bits per heavy atom. The molecule has 0 amide bonds. The lowest BCUT2D eigenvalue weighted by molar-refractivity contribution is 0.397. The third kappa shape index (κ3) is 2.49. The first kappa shape index (κ1) is 12.7. The quantitative estimate of drug-likeness (QED) is 0.929. The molecular weight excluding hydrogens is 264 g/mol. The van der Waals surface area contributed by atoms with Crippen LogP contribution in [0.5, 0.6) is 5.88 Å². The van der Waals surface area contributed by atoms with Crippen molar-refractivity contribution in [2.75, 3.05) is 7.11 Å². The number of nitrogens with one attached hydrogen (secondary N) is 1. The van der Waals surface area contributed by atoms with E-state index in [-0.39, 0.29) is 0 Å². The van der Waals surface area contributed by atoms with Crippen molar-refractivity contribution < 1.29 is 4.74 Å². The number of aromatic nitrogens is 3. The lowest BCUT2D eigenvalue weighted by Gasteiger charge is -2.09. The fraction of sp³-hybridized carbons (Fsp3) is 0.438. The van der Waals surface area contributed by atoms with Gasteiger partial charge in [-0.3, -0.25) is 0 Å². The van der Waals surface area contributed by atoms with Gasteiger partial charge in [0.1, 0.15) is 5.82 Å². The minimum atomic E-state index is 0.636. The van der Waals surface area contributed by atoms with Gasteiger partial charge in [-0.05, 0) is 18.4 Å². The Morgan fingerprint density at radius 2 is 2.14 bits per heavy atom. The van der Waals surface area contributed by atoms with Gasteiger partial charge >= 0.3 is 0 Å². The summed E-state index contributed by atoms with van der Waals surface area (Å²) in [6.45, 7) is 1.79. The van der Waals surface area contributed by atoms with E-state index in [4.69, 9.17) is 14.7 Å². The molecule has 2 aromatic rings. The summed E-state index contributed by atoms with van der Waals surface area (Å²) < 4.78 is 5.09. The van der Waals surface area contributed by atoms with Gasteiger partial charge in [0.2, 0.25) is 5.88 Å². The normalized spacial score (nSPS) is 16.8. The maximum atomic E-state index is 5.09. The molecule has 0 unspecified atom stereocenters. The second-order valence-electron chi connectivity index (χ2n) is 5.71. The van der Waals surface area contributed by atoms with Crippen molar-refractivity contribution in [2.45, 2.75) is 38.3 Å². The molecule has 1 aliphatic carbocycles. The van der Waals surface area contributed by atoms with Crippen LogP contribution in [-0.2, 0) is 19.5 Å². The van der Waals surface area contributed by atoms with Gasteiger partial charge in [-0.15, -0.1) is 0 Å². The van der Waals surface area contributed by atoms with Gasteiger partial charge in [0, 0.05) is 43.3 Å². The third-order valence-electron chi connectivity index (χ3n) is 4.10. The molecule has 5 heteroatoms. The van der Waals surface area contributed by atoms with Crippen molar-refractivity contribution in [1.82, 2.24) is 20.3 Å². The largest absolute Gasteiger partial charge is 0.481 e. The van der Waals surface area contributed by atoms with Crippen molar-refractivity contribution in [3.63, 3.8) is 0 Å². The highest BCUT2D eigenvalue weighted by molar-refractivity contribution is 5.34. The van der Waals surface area contributed by atoms with Gasteiger partial charge in [0.25, 0.3) is 0 Å². The number of pyridine rings is 1. The van der Waals surface area contributed by atoms with Crippen molar-refractivity contribution in [2.24, 2.45) is 0 Å². The molecule has 0 saturated heterocycles. The number of nitrogens with zero attached hydrogens (tertiary/aromatic N) is 3. The molecule has 3 heterocycles. The summed E-state index contributed by atoms with van der Waals surface area (Å²) in [5.41, 5.74) is 4.92. The minimum Gasteiger partial charge on any atom is -0.481 e. The summed E-state index contributed by atoms with van der Waals surface area (Å²) in [7, 11) is 1.63. The van der Waals surface area contributed by atoms with E-state index >= 15 is 0 Å². The van der Waals surface area contributed by atoms with Gasteiger partial charge in [-0.1, -0.05) is 6.07 Å². The van der Waals surface area contributed by atoms with Crippen LogP contribution in [0.3, 0.4) is 0 Å². The van der Waals surface area contributed by atoms with Gasteiger partial charge in [-0.25, -0.2) is 15.0 Å². The second kappa shape index (κ2) is 5.07. The standard InChI is InChI=1S/C16H18N4O/c1-21-15-5-2-10(7-18-15)6-14-19-13-9-17-8-12(13)16(20-14)11-3-4-11/h2,5,7,11,17H,3-4,6,8-9H2,1H3. The number of hydrogen-bond acceptors (Lipinski definition) is 5. The summed E-state index contributed by atoms with van der Waals surface area (Å²) in [5.74, 6) is 2.21. The molecule has 5 nitrogen and oxygen atoms in total. The minimum absolute atomic E-state index is 0.636. The molecular formula is C16H18N4O. The zero-order chi connectivity index (χ0) is 14.2. The van der Waals surface area contributed by atoms with Crippen molar-refractivity contribution >= 4 is 0 Å². The van der Waals surface area contributed by atoms with Crippen LogP contribution in [0.25, 0.3) is 0 Å². The van der Waals surface area contributed by atoms with Gasteiger partial charge in [-0.2, -0.15) is 0 Å². The molecule has 4 rings (SSSR count). The molecule has 1 saturated carbocycles. The van der Waals surface area contributed by atoms with E-state index in [1.165, 1.54) is 29.8 Å². The van der Waals surface area contributed by atoms with E-state index < -0.39 is 0 Å². The van der Waals surface area contributed by atoms with E-state index in [0.717, 1.165) is 30.9 Å². The van der Waals surface area contributed by atoms with Gasteiger partial charge < -0.3 is 10.1 Å². The average Bonchev–Trinajstić information content (AvgIpc) is 3.25. The maximum Gasteiger partial charge on any atom is 0.212 e. The fourth-order valence-corrected chi connectivity index (χ4v) is 2.84. The zero-order valence-electron chi connectivity index (χ0n) is 12.1. The first-order valence-electron chi connectivity index (χ1n) is 7.41. The number of rotatable bonds is 4. The highest BCUT2D eigenvalue weighted by Gasteiger charge is 2.31. The number of hydrogen-bond donors (Lipinski definition) is 1. The number of methoxy groups -OCH3 is 1. The van der Waals surface area contributed by atoms with Crippen LogP contribution in [0, 0.1) is 0 Å². The van der Waals surface area contributed by atoms with E-state index in [9.17, 15) is 0 Å². The third-order valence-corrected chi connectivity index (χ3v) is 4.10. The SMILES string of the molecule is COc1ccc(Cc2nc3c(c(C4CC4)n2)CNC3)cn1. The maximum absolute atomic E-state index is 5.09. The first-order chi connectivity index (χ1) is 10.3. The molecule has 2 aliphatic rings. The van der Waals surface area contributed by atoms with Crippen molar-refractivity contribution in [3.8, 4) is 5.88 Å². The Balaban J connectivity index is 1.63. The van der Waals surface area contributed by atoms with E-state index in [0.29, 0.717) is 11.8 Å². The molecule has 0 spiro atoms. The summed E-state index contributed by atoms with van der Waals surface area (Å²) in [6, 6.07) is 3.91. The Kier molecular flexibility index (Phi) is 3.07. The van der Waals surface area contributed by atoms with Crippen LogP contribution >= 0.6 is 0 Å². The molecule has 1 aliphatic heterocycles. The van der Waals surface area contributed by atoms with Gasteiger partial charge in [0.15, 0.2) is 0 Å². The summed E-state index contributed by atoms with van der Waals surface area (Å²) in [6.07, 6.45) is 5.11. The van der Waals surface area contributed by atoms with Crippen LogP contribution in [0.2, 0.25) is 0 Å². The zero-order valence-corrected chi connectivity index (χ0v) is 12.1. The molecule has 1 fully saturated rings. The van der Waals surface area contributed by atoms with Crippen LogP contribution in [0.1, 0.15) is 47.1 Å². The van der Waals surface area contributed by atoms with Crippen LogP contribution in [0.15, 0.2) is 18.3 Å². The lowest BCUT2D eigenvalue weighted by Crippen LogP contribution is -2.06. The van der Waals surface area contributed by atoms with Crippen LogP contribution in [0.4, 0.5) is 0 Å². The predicted molar refractivity (Wildman–Crippen MR) is 78.1 cm³/mol. The predicted octanol–water partition coefficient (Wildman–Crippen LogP) is 1.95. The summed E-state index contributed by atoms with van der Waals surface area (Å²) >= 11 is 0. The highest BCUT2D eigenvalue weighted by Crippen LogP contribution is 2.41. The highest BCUT2D eigenvalue weighted by atomic mass is 16.5. The number of ether oxygens (including phenoxy) is 1. The molecule has 21 heavy (non-hydrogen) atoms. The van der Waals surface area contributed by atoms with E-state index in [1.54, 1.807) is 7.11 Å². The molecule has 1 N–H and O–H groups in total. The Hall–Kier alpha value is -2.01. The molecule has 0 radical (unpaired) electrons. The Labute approximate surface area is 123 Å². The molecule has 2 aromatic heterocycles. The lowest BCUT2D eigenvalue weighted by atomic mass is 10.1. The van der Waals surface area contributed by atoms with Crippen LogP contribution in [-0.4, -0.2) is 22.1 Å². The van der Waals surface area contributed by atoms with Crippen molar-refractivity contribution in [3.05, 3.63) is 46.7 Å². The monoisotopic (exact) mass is 282 g/mol. The van der Waals surface area contributed by atoms with Crippen LogP contribution < -0.4 is 10.1 Å². The van der Waals surface area contributed by atoms with E-state index in [1.807, 2.05) is 18.3 Å². The van der Waals surface area contributed by atoms with Gasteiger partial charge in [0.05, 0.1) is 18.5 Å². The number of fused-ring (bicyclic) bond motifs is 1. The molecule has 108 valence electrons. The molecule has 0 aromatic carbocycles. The second-order valence-corrected chi connectivity index (χ2v) is 5.71. The Bertz CT molecular complexity index is 665. The average molecular weight is 282 g/mol.